The molecule has 1 saturated carbocycles. The highest BCUT2D eigenvalue weighted by Crippen LogP contribution is 2.18. The summed E-state index contributed by atoms with van der Waals surface area (Å²) in [5.74, 6) is 0.639. The fraction of sp³-hybridized carbons (Fsp3) is 0.938. The van der Waals surface area contributed by atoms with Crippen LogP contribution in [0, 0.1) is 0 Å². The van der Waals surface area contributed by atoms with E-state index in [1.54, 1.807) is 7.11 Å². The van der Waals surface area contributed by atoms with Crippen LogP contribution in [0.3, 0.4) is 0 Å². The number of nitrogens with one attached hydrogen (secondary N) is 1. The molecule has 0 spiro atoms. The van der Waals surface area contributed by atoms with Crippen LogP contribution in [0.1, 0.15) is 51.4 Å². The average Bonchev–Trinajstić information content (AvgIpc) is 2.78. The number of nitrogens with zero attached hydrogens (tertiary/aromatic N) is 2. The minimum Gasteiger partial charge on any atom is -0.383 e. The monoisotopic (exact) mass is 296 g/mol. The van der Waals surface area contributed by atoms with Gasteiger partial charge >= 0.3 is 0 Å². The topological polar surface area (TPSA) is 62.9 Å². The Morgan fingerprint density at radius 3 is 2.67 bits per heavy atom. The van der Waals surface area contributed by atoms with Crippen LogP contribution in [0.15, 0.2) is 4.99 Å². The maximum Gasteiger partial charge on any atom is 0.188 e. The molecule has 0 radical (unpaired) electrons. The third-order valence-electron chi connectivity index (χ3n) is 4.76. The zero-order valence-electron chi connectivity index (χ0n) is 13.5. The standard InChI is InChI=1S/C16H32N4O/c1-21-12-11-20-10-6-9-15(20)13-18-16(17)19-14-7-4-2-3-5-8-14/h14-15H,2-13H2,1H3,(H3,17,18,19). The second-order valence-corrected chi connectivity index (χ2v) is 6.38. The van der Waals surface area contributed by atoms with Crippen molar-refractivity contribution in [3.05, 3.63) is 0 Å². The van der Waals surface area contributed by atoms with Crippen LogP contribution in [0.5, 0.6) is 0 Å². The van der Waals surface area contributed by atoms with Crippen LogP contribution in [0.4, 0.5) is 0 Å². The SMILES string of the molecule is COCCN1CCCC1CN=C(N)NC1CCCCCC1. The molecule has 3 N–H and O–H groups in total. The quantitative estimate of drug-likeness (QED) is 0.445. The van der Waals surface area contributed by atoms with Gasteiger partial charge in [-0.1, -0.05) is 25.7 Å². The van der Waals surface area contributed by atoms with Crippen molar-refractivity contribution in [2.75, 3.05) is 33.4 Å². The Morgan fingerprint density at radius 1 is 1.19 bits per heavy atom. The first-order chi connectivity index (χ1) is 10.3. The van der Waals surface area contributed by atoms with Gasteiger partial charge < -0.3 is 15.8 Å². The van der Waals surface area contributed by atoms with Gasteiger partial charge in [0.2, 0.25) is 0 Å². The molecule has 5 heteroatoms. The zero-order chi connectivity index (χ0) is 14.9. The highest BCUT2D eigenvalue weighted by atomic mass is 16.5. The van der Waals surface area contributed by atoms with Gasteiger partial charge in [0.15, 0.2) is 5.96 Å². The van der Waals surface area contributed by atoms with E-state index in [1.165, 1.54) is 57.9 Å². The average molecular weight is 296 g/mol. The minimum atomic E-state index is 0.532. The normalized spacial score (nSPS) is 26.0. The molecule has 0 aromatic carbocycles. The molecule has 2 aliphatic rings. The van der Waals surface area contributed by atoms with E-state index in [0.717, 1.165) is 19.7 Å². The Kier molecular flexibility index (Phi) is 7.30. The maximum atomic E-state index is 6.07. The number of likely N-dealkylation sites (tertiary alicyclic amines) is 1. The maximum absolute atomic E-state index is 6.07. The molecule has 1 aliphatic carbocycles. The van der Waals surface area contributed by atoms with Crippen molar-refractivity contribution >= 4 is 5.96 Å². The van der Waals surface area contributed by atoms with Crippen LogP contribution < -0.4 is 11.1 Å². The van der Waals surface area contributed by atoms with E-state index >= 15 is 0 Å². The highest BCUT2D eigenvalue weighted by Gasteiger charge is 2.23. The third kappa shape index (κ3) is 5.83. The molecule has 5 nitrogen and oxygen atoms in total. The van der Waals surface area contributed by atoms with Crippen LogP contribution >= 0.6 is 0 Å². The van der Waals surface area contributed by atoms with Gasteiger partial charge in [-0.2, -0.15) is 0 Å². The predicted octanol–water partition coefficient (Wildman–Crippen LogP) is 1.72. The predicted molar refractivity (Wildman–Crippen MR) is 87.6 cm³/mol. The Balaban J connectivity index is 1.73. The lowest BCUT2D eigenvalue weighted by molar-refractivity contribution is 0.143. The molecular weight excluding hydrogens is 264 g/mol. The molecule has 0 bridgehead atoms. The van der Waals surface area contributed by atoms with Crippen molar-refractivity contribution in [3.63, 3.8) is 0 Å². The Bertz CT molecular complexity index is 313. The van der Waals surface area contributed by atoms with Gasteiger partial charge in [-0.05, 0) is 32.2 Å². The summed E-state index contributed by atoms with van der Waals surface area (Å²) in [4.78, 5) is 7.07. The molecule has 0 aromatic heterocycles. The van der Waals surface area contributed by atoms with Crippen LogP contribution in [-0.4, -0.2) is 56.3 Å². The number of hydrogen-bond donors (Lipinski definition) is 2. The molecule has 1 saturated heterocycles. The Hall–Kier alpha value is -0.810. The van der Waals surface area contributed by atoms with E-state index in [4.69, 9.17) is 10.5 Å². The van der Waals surface area contributed by atoms with E-state index in [1.807, 2.05) is 0 Å². The number of nitrogens with two attached hydrogens (primary N) is 1. The van der Waals surface area contributed by atoms with Gasteiger partial charge in [0.25, 0.3) is 0 Å². The Morgan fingerprint density at radius 2 is 1.95 bits per heavy atom. The van der Waals surface area contributed by atoms with Crippen molar-refractivity contribution in [2.24, 2.45) is 10.7 Å². The summed E-state index contributed by atoms with van der Waals surface area (Å²) < 4.78 is 5.18. The van der Waals surface area contributed by atoms with E-state index in [0.29, 0.717) is 18.0 Å². The lowest BCUT2D eigenvalue weighted by Crippen LogP contribution is -2.41. The summed E-state index contributed by atoms with van der Waals surface area (Å²) in [6.45, 7) is 3.79. The number of hydrogen-bond acceptors (Lipinski definition) is 3. The van der Waals surface area contributed by atoms with Crippen LogP contribution in [0.2, 0.25) is 0 Å². The number of ether oxygens (including phenoxy) is 1. The van der Waals surface area contributed by atoms with Crippen molar-refractivity contribution in [2.45, 2.75) is 63.5 Å². The number of aliphatic imine (C=N–C) groups is 1. The van der Waals surface area contributed by atoms with Crippen LogP contribution in [-0.2, 0) is 4.74 Å². The molecular formula is C16H32N4O. The van der Waals surface area contributed by atoms with E-state index < -0.39 is 0 Å². The summed E-state index contributed by atoms with van der Waals surface area (Å²) >= 11 is 0. The van der Waals surface area contributed by atoms with Crippen molar-refractivity contribution < 1.29 is 4.74 Å². The fourth-order valence-corrected chi connectivity index (χ4v) is 3.49. The second-order valence-electron chi connectivity index (χ2n) is 6.38. The summed E-state index contributed by atoms with van der Waals surface area (Å²) in [6.07, 6.45) is 10.3. The molecule has 1 atom stereocenters. The lowest BCUT2D eigenvalue weighted by Gasteiger charge is -2.23. The summed E-state index contributed by atoms with van der Waals surface area (Å²) in [5.41, 5.74) is 6.07. The highest BCUT2D eigenvalue weighted by molar-refractivity contribution is 5.78. The van der Waals surface area contributed by atoms with Crippen molar-refractivity contribution in [1.29, 1.82) is 0 Å². The third-order valence-corrected chi connectivity index (χ3v) is 4.76. The minimum absolute atomic E-state index is 0.532. The van der Waals surface area contributed by atoms with E-state index in [9.17, 15) is 0 Å². The molecule has 21 heavy (non-hydrogen) atoms. The van der Waals surface area contributed by atoms with Gasteiger partial charge in [-0.25, -0.2) is 0 Å². The van der Waals surface area contributed by atoms with Gasteiger partial charge in [0.1, 0.15) is 0 Å². The molecule has 0 amide bonds. The van der Waals surface area contributed by atoms with Gasteiger partial charge in [-0.3, -0.25) is 9.89 Å². The molecule has 0 aromatic rings. The van der Waals surface area contributed by atoms with Gasteiger partial charge in [0, 0.05) is 25.7 Å². The number of guanidine groups is 1. The zero-order valence-corrected chi connectivity index (χ0v) is 13.5. The molecule has 1 heterocycles. The Labute approximate surface area is 129 Å². The lowest BCUT2D eigenvalue weighted by atomic mass is 10.1. The molecule has 2 fully saturated rings. The smallest absolute Gasteiger partial charge is 0.188 e. The first-order valence-corrected chi connectivity index (χ1v) is 8.59. The summed E-state index contributed by atoms with van der Waals surface area (Å²) in [7, 11) is 1.76. The van der Waals surface area contributed by atoms with Gasteiger partial charge in [-0.15, -0.1) is 0 Å². The summed E-state index contributed by atoms with van der Waals surface area (Å²) in [6, 6.07) is 1.07. The van der Waals surface area contributed by atoms with E-state index in [-0.39, 0.29) is 0 Å². The molecule has 2 rings (SSSR count). The van der Waals surface area contributed by atoms with Crippen molar-refractivity contribution in [3.8, 4) is 0 Å². The molecule has 122 valence electrons. The molecule has 1 aliphatic heterocycles. The first-order valence-electron chi connectivity index (χ1n) is 8.59. The fourth-order valence-electron chi connectivity index (χ4n) is 3.49. The van der Waals surface area contributed by atoms with Crippen LogP contribution in [0.25, 0.3) is 0 Å². The largest absolute Gasteiger partial charge is 0.383 e. The summed E-state index contributed by atoms with van der Waals surface area (Å²) in [5, 5.41) is 3.43. The molecule has 1 unspecified atom stereocenters. The first kappa shape index (κ1) is 16.6. The number of methoxy groups -OCH3 is 1. The van der Waals surface area contributed by atoms with Gasteiger partial charge in [0.05, 0.1) is 13.2 Å². The second kappa shape index (κ2) is 9.26. The van der Waals surface area contributed by atoms with E-state index in [2.05, 4.69) is 15.2 Å². The van der Waals surface area contributed by atoms with Crippen molar-refractivity contribution in [1.82, 2.24) is 10.2 Å². The number of rotatable bonds is 6.